The average Bonchev–Trinajstić information content (AvgIpc) is 2.83. The Morgan fingerprint density at radius 2 is 2.15 bits per heavy atom. The Morgan fingerprint density at radius 1 is 1.40 bits per heavy atom. The molecule has 2 rings (SSSR count). The molecule has 0 radical (unpaired) electrons. The van der Waals surface area contributed by atoms with Crippen LogP contribution in [0.15, 0.2) is 30.7 Å². The van der Waals surface area contributed by atoms with Gasteiger partial charge in [0.1, 0.15) is 17.4 Å². The van der Waals surface area contributed by atoms with Crippen molar-refractivity contribution in [1.82, 2.24) is 14.9 Å². The van der Waals surface area contributed by atoms with Crippen LogP contribution >= 0.6 is 0 Å². The molecule has 0 saturated carbocycles. The van der Waals surface area contributed by atoms with Crippen LogP contribution in [0.1, 0.15) is 32.0 Å². The summed E-state index contributed by atoms with van der Waals surface area (Å²) in [6.07, 6.45) is 3.31. The van der Waals surface area contributed by atoms with Gasteiger partial charge in [0, 0.05) is 18.3 Å². The highest BCUT2D eigenvalue weighted by atomic mass is 19.1. The lowest BCUT2D eigenvalue weighted by Crippen LogP contribution is -2.35. The number of rotatable bonds is 3. The van der Waals surface area contributed by atoms with Gasteiger partial charge in [-0.2, -0.15) is 5.26 Å². The number of halogens is 1. The summed E-state index contributed by atoms with van der Waals surface area (Å²) in [4.78, 5) is 4.10. The Kier molecular flexibility index (Phi) is 3.86. The molecule has 1 aromatic heterocycles. The van der Waals surface area contributed by atoms with Gasteiger partial charge in [-0.05, 0) is 32.9 Å². The standard InChI is InChI=1S/C15H17FN4/c1-15(2,3)19-9-11-8-18-10-20(11)14-6-4-5-13(16)12(14)7-17/h4-6,8,10,19H,9H2,1-3H3. The third kappa shape index (κ3) is 3.03. The normalized spacial score (nSPS) is 11.3. The van der Waals surface area contributed by atoms with E-state index in [1.807, 2.05) is 6.07 Å². The summed E-state index contributed by atoms with van der Waals surface area (Å²) in [5, 5.41) is 12.5. The van der Waals surface area contributed by atoms with Crippen molar-refractivity contribution in [2.45, 2.75) is 32.9 Å². The van der Waals surface area contributed by atoms with Crippen LogP contribution in [0.5, 0.6) is 0 Å². The van der Waals surface area contributed by atoms with Crippen molar-refractivity contribution in [2.24, 2.45) is 0 Å². The Hall–Kier alpha value is -2.19. The lowest BCUT2D eigenvalue weighted by atomic mass is 10.1. The minimum absolute atomic E-state index is 0.0301. The fourth-order valence-electron chi connectivity index (χ4n) is 1.85. The van der Waals surface area contributed by atoms with E-state index in [9.17, 15) is 4.39 Å². The smallest absolute Gasteiger partial charge is 0.143 e. The molecule has 0 aliphatic rings. The van der Waals surface area contributed by atoms with Crippen molar-refractivity contribution in [2.75, 3.05) is 0 Å². The highest BCUT2D eigenvalue weighted by Crippen LogP contribution is 2.19. The van der Waals surface area contributed by atoms with Gasteiger partial charge in [0.25, 0.3) is 0 Å². The summed E-state index contributed by atoms with van der Waals surface area (Å²) >= 11 is 0. The summed E-state index contributed by atoms with van der Waals surface area (Å²) < 4.78 is 15.4. The van der Waals surface area contributed by atoms with Gasteiger partial charge in [-0.15, -0.1) is 0 Å². The van der Waals surface area contributed by atoms with Crippen LogP contribution < -0.4 is 5.32 Å². The molecule has 0 bridgehead atoms. The molecule has 0 aliphatic heterocycles. The van der Waals surface area contributed by atoms with Crippen LogP contribution in [0.4, 0.5) is 4.39 Å². The van der Waals surface area contributed by atoms with E-state index in [0.29, 0.717) is 12.2 Å². The van der Waals surface area contributed by atoms with E-state index in [1.54, 1.807) is 29.2 Å². The average molecular weight is 272 g/mol. The SMILES string of the molecule is CC(C)(C)NCc1cncn1-c1cccc(F)c1C#N. The van der Waals surface area contributed by atoms with Gasteiger partial charge in [0.2, 0.25) is 0 Å². The van der Waals surface area contributed by atoms with E-state index in [1.165, 1.54) is 6.07 Å². The lowest BCUT2D eigenvalue weighted by molar-refractivity contribution is 0.419. The second-order valence-electron chi connectivity index (χ2n) is 5.60. The van der Waals surface area contributed by atoms with Crippen LogP contribution in [0.2, 0.25) is 0 Å². The first-order valence-corrected chi connectivity index (χ1v) is 6.37. The molecule has 1 heterocycles. The molecule has 0 atom stereocenters. The zero-order valence-electron chi connectivity index (χ0n) is 11.8. The topological polar surface area (TPSA) is 53.6 Å². The van der Waals surface area contributed by atoms with Crippen LogP contribution in [-0.4, -0.2) is 15.1 Å². The van der Waals surface area contributed by atoms with Crippen molar-refractivity contribution in [3.63, 3.8) is 0 Å². The monoisotopic (exact) mass is 272 g/mol. The van der Waals surface area contributed by atoms with Gasteiger partial charge in [-0.3, -0.25) is 0 Å². The summed E-state index contributed by atoms with van der Waals surface area (Å²) in [6.45, 7) is 6.79. The molecule has 4 nitrogen and oxygen atoms in total. The van der Waals surface area contributed by atoms with Crippen molar-refractivity contribution in [3.8, 4) is 11.8 Å². The van der Waals surface area contributed by atoms with E-state index in [0.717, 1.165) is 5.69 Å². The number of benzene rings is 1. The van der Waals surface area contributed by atoms with E-state index >= 15 is 0 Å². The number of imidazole rings is 1. The molecular formula is C15H17FN4. The molecule has 104 valence electrons. The van der Waals surface area contributed by atoms with Gasteiger partial charge in [-0.1, -0.05) is 6.07 Å². The molecule has 0 fully saturated rings. The minimum Gasteiger partial charge on any atom is -0.306 e. The molecule has 2 aromatic rings. The number of nitriles is 1. The number of hydrogen-bond acceptors (Lipinski definition) is 3. The molecular weight excluding hydrogens is 255 g/mol. The zero-order valence-corrected chi connectivity index (χ0v) is 11.8. The largest absolute Gasteiger partial charge is 0.306 e. The van der Waals surface area contributed by atoms with E-state index in [4.69, 9.17) is 5.26 Å². The first-order chi connectivity index (χ1) is 9.42. The van der Waals surface area contributed by atoms with Gasteiger partial charge in [0.05, 0.1) is 17.7 Å². The Balaban J connectivity index is 2.38. The highest BCUT2D eigenvalue weighted by Gasteiger charge is 2.14. The van der Waals surface area contributed by atoms with Gasteiger partial charge in [0.15, 0.2) is 0 Å². The molecule has 1 aromatic carbocycles. The van der Waals surface area contributed by atoms with Crippen molar-refractivity contribution in [3.05, 3.63) is 47.8 Å². The third-order valence-electron chi connectivity index (χ3n) is 2.88. The second-order valence-corrected chi connectivity index (χ2v) is 5.60. The highest BCUT2D eigenvalue weighted by molar-refractivity contribution is 5.50. The van der Waals surface area contributed by atoms with Crippen LogP contribution in [0, 0.1) is 17.1 Å². The molecule has 0 aliphatic carbocycles. The lowest BCUT2D eigenvalue weighted by Gasteiger charge is -2.21. The second kappa shape index (κ2) is 5.43. The fraction of sp³-hybridized carbons (Fsp3) is 0.333. The quantitative estimate of drug-likeness (QED) is 0.934. The van der Waals surface area contributed by atoms with Gasteiger partial charge >= 0.3 is 0 Å². The summed E-state index contributed by atoms with van der Waals surface area (Å²) in [6, 6.07) is 6.49. The van der Waals surface area contributed by atoms with E-state index in [-0.39, 0.29) is 11.1 Å². The molecule has 1 N–H and O–H groups in total. The van der Waals surface area contributed by atoms with Crippen LogP contribution in [0.3, 0.4) is 0 Å². The van der Waals surface area contributed by atoms with Crippen molar-refractivity contribution >= 4 is 0 Å². The van der Waals surface area contributed by atoms with Gasteiger partial charge in [-0.25, -0.2) is 9.37 Å². The Bertz CT molecular complexity index is 647. The maximum atomic E-state index is 13.7. The van der Waals surface area contributed by atoms with Crippen LogP contribution in [0.25, 0.3) is 5.69 Å². The van der Waals surface area contributed by atoms with Gasteiger partial charge < -0.3 is 9.88 Å². The fourth-order valence-corrected chi connectivity index (χ4v) is 1.85. The number of nitrogens with one attached hydrogen (secondary N) is 1. The Morgan fingerprint density at radius 3 is 2.80 bits per heavy atom. The first-order valence-electron chi connectivity index (χ1n) is 6.37. The first kappa shape index (κ1) is 14.2. The third-order valence-corrected chi connectivity index (χ3v) is 2.88. The number of hydrogen-bond donors (Lipinski definition) is 1. The van der Waals surface area contributed by atoms with E-state index in [2.05, 4.69) is 31.1 Å². The van der Waals surface area contributed by atoms with E-state index < -0.39 is 5.82 Å². The van der Waals surface area contributed by atoms with Crippen LogP contribution in [-0.2, 0) is 6.54 Å². The maximum absolute atomic E-state index is 13.7. The maximum Gasteiger partial charge on any atom is 0.143 e. The summed E-state index contributed by atoms with van der Waals surface area (Å²) in [7, 11) is 0. The zero-order chi connectivity index (χ0) is 14.8. The minimum atomic E-state index is -0.520. The van der Waals surface area contributed by atoms with Crippen molar-refractivity contribution in [1.29, 1.82) is 5.26 Å². The summed E-state index contributed by atoms with van der Waals surface area (Å²) in [5.41, 5.74) is 1.38. The molecule has 0 spiro atoms. The number of nitrogens with zero attached hydrogens (tertiary/aromatic N) is 3. The predicted molar refractivity (Wildman–Crippen MR) is 74.8 cm³/mol. The molecule has 0 saturated heterocycles. The summed E-state index contributed by atoms with van der Waals surface area (Å²) in [5.74, 6) is -0.520. The Labute approximate surface area is 117 Å². The predicted octanol–water partition coefficient (Wildman–Crippen LogP) is 2.77. The molecule has 0 unspecified atom stereocenters. The molecule has 20 heavy (non-hydrogen) atoms. The number of aromatic nitrogens is 2. The molecule has 5 heteroatoms. The van der Waals surface area contributed by atoms with Crippen molar-refractivity contribution < 1.29 is 4.39 Å². The molecule has 0 amide bonds.